The number of hydrogen-bond donors (Lipinski definition) is 2. The molecule has 0 bridgehead atoms. The van der Waals surface area contributed by atoms with E-state index in [0.29, 0.717) is 5.11 Å². The summed E-state index contributed by atoms with van der Waals surface area (Å²) in [6, 6.07) is 27.6. The molecule has 136 valence electrons. The summed E-state index contributed by atoms with van der Waals surface area (Å²) in [5.74, 6) is 0.817. The number of nitrogens with one attached hydrogen (secondary N) is 2. The van der Waals surface area contributed by atoms with Crippen molar-refractivity contribution in [2.24, 2.45) is 5.10 Å². The fourth-order valence-corrected chi connectivity index (χ4v) is 2.65. The number of nitrogens with zero attached hydrogens (tertiary/aromatic N) is 1. The van der Waals surface area contributed by atoms with Crippen molar-refractivity contribution < 1.29 is 4.74 Å². The van der Waals surface area contributed by atoms with Crippen LogP contribution in [0.15, 0.2) is 90.0 Å². The van der Waals surface area contributed by atoms with Gasteiger partial charge in [0.1, 0.15) is 11.9 Å². The van der Waals surface area contributed by atoms with Gasteiger partial charge in [-0.15, -0.1) is 0 Å². The summed E-state index contributed by atoms with van der Waals surface area (Å²) in [7, 11) is 0. The monoisotopic (exact) mass is 375 g/mol. The van der Waals surface area contributed by atoms with Crippen LogP contribution in [0.1, 0.15) is 24.2 Å². The summed E-state index contributed by atoms with van der Waals surface area (Å²) in [5.41, 5.74) is 5.82. The van der Waals surface area contributed by atoms with Gasteiger partial charge in [0.15, 0.2) is 5.11 Å². The van der Waals surface area contributed by atoms with Crippen molar-refractivity contribution in [1.29, 1.82) is 0 Å². The number of hydrogen-bond acceptors (Lipinski definition) is 3. The molecule has 0 fully saturated rings. The molecular weight excluding hydrogens is 354 g/mol. The highest BCUT2D eigenvalue weighted by atomic mass is 32.1. The first-order valence-electron chi connectivity index (χ1n) is 8.67. The predicted molar refractivity (Wildman–Crippen MR) is 115 cm³/mol. The van der Waals surface area contributed by atoms with E-state index in [1.54, 1.807) is 6.21 Å². The third-order valence-electron chi connectivity index (χ3n) is 3.87. The lowest BCUT2D eigenvalue weighted by molar-refractivity contribution is 0.227. The van der Waals surface area contributed by atoms with E-state index in [4.69, 9.17) is 17.0 Å². The molecule has 0 aliphatic heterocycles. The van der Waals surface area contributed by atoms with Crippen molar-refractivity contribution in [1.82, 2.24) is 5.43 Å². The topological polar surface area (TPSA) is 45.6 Å². The highest BCUT2D eigenvalue weighted by Crippen LogP contribution is 2.21. The molecular formula is C22H21N3OS. The summed E-state index contributed by atoms with van der Waals surface area (Å²) >= 11 is 5.21. The molecule has 0 radical (unpaired) electrons. The lowest BCUT2D eigenvalue weighted by atomic mass is 10.1. The first kappa shape index (κ1) is 18.6. The Bertz CT molecular complexity index is 880. The number of benzene rings is 3. The number of hydrazone groups is 1. The Hall–Kier alpha value is -3.18. The average molecular weight is 375 g/mol. The quantitative estimate of drug-likeness (QED) is 0.355. The van der Waals surface area contributed by atoms with Gasteiger partial charge < -0.3 is 10.1 Å². The zero-order valence-corrected chi connectivity index (χ0v) is 15.8. The van der Waals surface area contributed by atoms with Gasteiger partial charge in [0.05, 0.1) is 6.21 Å². The van der Waals surface area contributed by atoms with Crippen molar-refractivity contribution in [3.05, 3.63) is 96.1 Å². The molecule has 1 atom stereocenters. The van der Waals surface area contributed by atoms with Crippen LogP contribution in [0.25, 0.3) is 0 Å². The van der Waals surface area contributed by atoms with Crippen LogP contribution in [0.4, 0.5) is 5.69 Å². The van der Waals surface area contributed by atoms with E-state index in [1.165, 1.54) is 0 Å². The molecule has 3 aromatic carbocycles. The van der Waals surface area contributed by atoms with Gasteiger partial charge in [0, 0.05) is 5.69 Å². The minimum absolute atomic E-state index is 0.00572. The number of para-hydroxylation sites is 1. The van der Waals surface area contributed by atoms with Crippen molar-refractivity contribution in [2.45, 2.75) is 13.0 Å². The maximum absolute atomic E-state index is 5.97. The summed E-state index contributed by atoms with van der Waals surface area (Å²) in [4.78, 5) is 0. The van der Waals surface area contributed by atoms with Crippen LogP contribution in [0.3, 0.4) is 0 Å². The Labute approximate surface area is 164 Å². The van der Waals surface area contributed by atoms with Crippen molar-refractivity contribution in [3.63, 3.8) is 0 Å². The molecule has 4 nitrogen and oxygen atoms in total. The summed E-state index contributed by atoms with van der Waals surface area (Å²) in [6.07, 6.45) is 1.71. The van der Waals surface area contributed by atoms with Crippen LogP contribution in [0.5, 0.6) is 5.75 Å². The fourth-order valence-electron chi connectivity index (χ4n) is 2.47. The zero-order valence-electron chi connectivity index (χ0n) is 15.0. The van der Waals surface area contributed by atoms with Gasteiger partial charge in [-0.1, -0.05) is 48.5 Å². The third kappa shape index (κ3) is 5.94. The van der Waals surface area contributed by atoms with Crippen LogP contribution in [-0.4, -0.2) is 11.3 Å². The molecule has 27 heavy (non-hydrogen) atoms. The molecule has 0 saturated carbocycles. The standard InChI is InChI=1S/C22H21N3OS/c1-17(19-8-4-2-5-9-19)26-21-14-12-18(13-15-21)16-23-25-22(27)24-20-10-6-3-7-11-20/h2-17H,1H3,(H2,24,25,27). The zero-order chi connectivity index (χ0) is 18.9. The van der Waals surface area contributed by atoms with Crippen molar-refractivity contribution in [3.8, 4) is 5.75 Å². The second-order valence-electron chi connectivity index (χ2n) is 5.93. The minimum Gasteiger partial charge on any atom is -0.486 e. The van der Waals surface area contributed by atoms with E-state index >= 15 is 0 Å². The Morgan fingerprint density at radius 1 is 0.926 bits per heavy atom. The Morgan fingerprint density at radius 3 is 2.22 bits per heavy atom. The molecule has 0 heterocycles. The van der Waals surface area contributed by atoms with E-state index < -0.39 is 0 Å². The predicted octanol–water partition coefficient (Wildman–Crippen LogP) is 5.15. The molecule has 0 amide bonds. The van der Waals surface area contributed by atoms with Gasteiger partial charge >= 0.3 is 0 Å². The average Bonchev–Trinajstić information content (AvgIpc) is 2.71. The van der Waals surface area contributed by atoms with E-state index in [0.717, 1.165) is 22.6 Å². The molecule has 0 spiro atoms. The lowest BCUT2D eigenvalue weighted by Gasteiger charge is -2.15. The third-order valence-corrected chi connectivity index (χ3v) is 4.07. The van der Waals surface area contributed by atoms with E-state index in [-0.39, 0.29) is 6.10 Å². The maximum atomic E-state index is 5.97. The molecule has 1 unspecified atom stereocenters. The van der Waals surface area contributed by atoms with Crippen LogP contribution in [0, 0.1) is 0 Å². The Kier molecular flexibility index (Phi) is 6.55. The molecule has 0 saturated heterocycles. The van der Waals surface area contributed by atoms with Gasteiger partial charge in [-0.2, -0.15) is 5.10 Å². The van der Waals surface area contributed by atoms with E-state index in [9.17, 15) is 0 Å². The summed E-state index contributed by atoms with van der Waals surface area (Å²) < 4.78 is 5.97. The number of rotatable bonds is 6. The Morgan fingerprint density at radius 2 is 1.56 bits per heavy atom. The molecule has 2 N–H and O–H groups in total. The highest BCUT2D eigenvalue weighted by Gasteiger charge is 2.06. The maximum Gasteiger partial charge on any atom is 0.191 e. The number of anilines is 1. The van der Waals surface area contributed by atoms with Crippen LogP contribution in [0.2, 0.25) is 0 Å². The molecule has 3 rings (SSSR count). The van der Waals surface area contributed by atoms with Gasteiger partial charge in [-0.25, -0.2) is 0 Å². The van der Waals surface area contributed by atoms with Crippen molar-refractivity contribution in [2.75, 3.05) is 5.32 Å². The highest BCUT2D eigenvalue weighted by molar-refractivity contribution is 7.80. The second kappa shape index (κ2) is 9.50. The first-order valence-corrected chi connectivity index (χ1v) is 9.08. The van der Waals surface area contributed by atoms with Crippen molar-refractivity contribution >= 4 is 29.2 Å². The lowest BCUT2D eigenvalue weighted by Crippen LogP contribution is -2.23. The minimum atomic E-state index is -0.00572. The second-order valence-corrected chi connectivity index (χ2v) is 6.34. The summed E-state index contributed by atoms with van der Waals surface area (Å²) in [5, 5.41) is 7.66. The summed E-state index contributed by atoms with van der Waals surface area (Å²) in [6.45, 7) is 2.04. The van der Waals surface area contributed by atoms with Crippen LogP contribution < -0.4 is 15.5 Å². The number of thiocarbonyl (C=S) groups is 1. The fraction of sp³-hybridized carbons (Fsp3) is 0.0909. The largest absolute Gasteiger partial charge is 0.486 e. The molecule has 0 aromatic heterocycles. The first-order chi connectivity index (χ1) is 13.2. The van der Waals surface area contributed by atoms with Gasteiger partial charge in [-0.3, -0.25) is 5.43 Å². The van der Waals surface area contributed by atoms with Gasteiger partial charge in [0.25, 0.3) is 0 Å². The van der Waals surface area contributed by atoms with E-state index in [2.05, 4.69) is 28.0 Å². The van der Waals surface area contributed by atoms with Crippen LogP contribution >= 0.6 is 12.2 Å². The van der Waals surface area contributed by atoms with Gasteiger partial charge in [0.2, 0.25) is 0 Å². The molecule has 5 heteroatoms. The number of ether oxygens (including phenoxy) is 1. The smallest absolute Gasteiger partial charge is 0.191 e. The molecule has 0 aliphatic carbocycles. The molecule has 3 aromatic rings. The normalized spacial score (nSPS) is 11.7. The Balaban J connectivity index is 1.50. The van der Waals surface area contributed by atoms with Gasteiger partial charge in [-0.05, 0) is 66.7 Å². The SMILES string of the molecule is CC(Oc1ccc(C=NNC(=S)Nc2ccccc2)cc1)c1ccccc1. The molecule has 0 aliphatic rings. The van der Waals surface area contributed by atoms with Crippen LogP contribution in [-0.2, 0) is 0 Å². The van der Waals surface area contributed by atoms with E-state index in [1.807, 2.05) is 79.7 Å².